The highest BCUT2D eigenvalue weighted by Gasteiger charge is 2.18. The molecule has 1 heterocycles. The third-order valence-electron chi connectivity index (χ3n) is 3.63. The van der Waals surface area contributed by atoms with Crippen molar-refractivity contribution in [3.8, 4) is 5.75 Å². The predicted octanol–water partition coefficient (Wildman–Crippen LogP) is 4.93. The SMILES string of the molecule is CCCC(CC)n1c(CCl)nc2c(OCC)cccc21. The summed E-state index contributed by atoms with van der Waals surface area (Å²) in [6.07, 6.45) is 3.39. The van der Waals surface area contributed by atoms with Crippen molar-refractivity contribution in [1.82, 2.24) is 9.55 Å². The number of ether oxygens (including phenoxy) is 1. The van der Waals surface area contributed by atoms with Gasteiger partial charge in [-0.1, -0.05) is 26.3 Å². The maximum Gasteiger partial charge on any atom is 0.147 e. The molecule has 2 rings (SSSR count). The van der Waals surface area contributed by atoms with E-state index in [4.69, 9.17) is 21.3 Å². The molecule has 4 heteroatoms. The van der Waals surface area contributed by atoms with Crippen LogP contribution in [0, 0.1) is 0 Å². The molecule has 0 amide bonds. The van der Waals surface area contributed by atoms with Crippen molar-refractivity contribution in [2.75, 3.05) is 6.61 Å². The number of alkyl halides is 1. The van der Waals surface area contributed by atoms with E-state index in [1.165, 1.54) is 0 Å². The molecule has 0 aliphatic carbocycles. The van der Waals surface area contributed by atoms with E-state index in [1.807, 2.05) is 19.1 Å². The third-order valence-corrected chi connectivity index (χ3v) is 3.87. The minimum atomic E-state index is 0.431. The van der Waals surface area contributed by atoms with Crippen LogP contribution in [0.1, 0.15) is 51.9 Å². The van der Waals surface area contributed by atoms with E-state index in [-0.39, 0.29) is 0 Å². The molecule has 1 atom stereocenters. The van der Waals surface area contributed by atoms with Crippen molar-refractivity contribution in [2.45, 2.75) is 52.0 Å². The van der Waals surface area contributed by atoms with Crippen LogP contribution < -0.4 is 4.74 Å². The zero-order valence-corrected chi connectivity index (χ0v) is 13.3. The summed E-state index contributed by atoms with van der Waals surface area (Å²) in [5, 5.41) is 0. The Kier molecular flexibility index (Phi) is 5.30. The summed E-state index contributed by atoms with van der Waals surface area (Å²) in [7, 11) is 0. The van der Waals surface area contributed by atoms with Gasteiger partial charge in [-0.05, 0) is 31.9 Å². The summed E-state index contributed by atoms with van der Waals surface area (Å²) < 4.78 is 7.99. The Bertz CT molecular complexity index is 565. The Balaban J connectivity index is 2.59. The van der Waals surface area contributed by atoms with Crippen LogP contribution in [0.25, 0.3) is 11.0 Å². The minimum Gasteiger partial charge on any atom is -0.492 e. The first-order valence-corrected chi connectivity index (χ1v) is 7.98. The lowest BCUT2D eigenvalue weighted by atomic mass is 10.1. The fourth-order valence-corrected chi connectivity index (χ4v) is 2.95. The van der Waals surface area contributed by atoms with Crippen molar-refractivity contribution in [3.05, 3.63) is 24.0 Å². The molecule has 1 aromatic heterocycles. The van der Waals surface area contributed by atoms with Crippen molar-refractivity contribution >= 4 is 22.6 Å². The summed E-state index contributed by atoms with van der Waals surface area (Å²) in [6, 6.07) is 6.57. The van der Waals surface area contributed by atoms with Crippen LogP contribution in [0.3, 0.4) is 0 Å². The summed E-state index contributed by atoms with van der Waals surface area (Å²) in [5.41, 5.74) is 2.06. The average Bonchev–Trinajstić information content (AvgIpc) is 2.84. The van der Waals surface area contributed by atoms with Crippen LogP contribution in [-0.4, -0.2) is 16.2 Å². The van der Waals surface area contributed by atoms with Crippen LogP contribution in [0.2, 0.25) is 0 Å². The van der Waals surface area contributed by atoms with Crippen molar-refractivity contribution in [3.63, 3.8) is 0 Å². The quantitative estimate of drug-likeness (QED) is 0.677. The Morgan fingerprint density at radius 3 is 2.70 bits per heavy atom. The number of rotatable bonds is 7. The first-order chi connectivity index (χ1) is 9.76. The number of nitrogens with zero attached hydrogens (tertiary/aromatic N) is 2. The lowest BCUT2D eigenvalue weighted by molar-refractivity contribution is 0.343. The number of para-hydroxylation sites is 1. The Hall–Kier alpha value is -1.22. The molecule has 0 aliphatic rings. The van der Waals surface area contributed by atoms with Gasteiger partial charge in [0.1, 0.15) is 17.1 Å². The van der Waals surface area contributed by atoms with E-state index >= 15 is 0 Å². The predicted molar refractivity (Wildman–Crippen MR) is 84.7 cm³/mol. The molecule has 0 saturated heterocycles. The molecule has 0 saturated carbocycles. The molecule has 0 radical (unpaired) electrons. The number of benzene rings is 1. The number of imidazole rings is 1. The molecule has 0 bridgehead atoms. The highest BCUT2D eigenvalue weighted by Crippen LogP contribution is 2.31. The fourth-order valence-electron chi connectivity index (χ4n) is 2.76. The smallest absolute Gasteiger partial charge is 0.147 e. The van der Waals surface area contributed by atoms with Gasteiger partial charge in [0.15, 0.2) is 0 Å². The number of aromatic nitrogens is 2. The van der Waals surface area contributed by atoms with Crippen molar-refractivity contribution < 1.29 is 4.74 Å². The molecule has 0 aliphatic heterocycles. The second kappa shape index (κ2) is 6.98. The minimum absolute atomic E-state index is 0.431. The molecule has 1 unspecified atom stereocenters. The largest absolute Gasteiger partial charge is 0.492 e. The van der Waals surface area contributed by atoms with Crippen LogP contribution in [-0.2, 0) is 5.88 Å². The van der Waals surface area contributed by atoms with Gasteiger partial charge < -0.3 is 9.30 Å². The fraction of sp³-hybridized carbons (Fsp3) is 0.562. The second-order valence-electron chi connectivity index (χ2n) is 4.94. The average molecular weight is 295 g/mol. The Labute approximate surface area is 125 Å². The van der Waals surface area contributed by atoms with E-state index < -0.39 is 0 Å². The summed E-state index contributed by atoms with van der Waals surface area (Å²) in [4.78, 5) is 4.71. The van der Waals surface area contributed by atoms with Crippen molar-refractivity contribution in [1.29, 1.82) is 0 Å². The van der Waals surface area contributed by atoms with Crippen molar-refractivity contribution in [2.24, 2.45) is 0 Å². The number of halogens is 1. The van der Waals surface area contributed by atoms with E-state index in [0.29, 0.717) is 18.5 Å². The van der Waals surface area contributed by atoms with E-state index in [1.54, 1.807) is 0 Å². The van der Waals surface area contributed by atoms with Gasteiger partial charge in [0.25, 0.3) is 0 Å². The first kappa shape index (κ1) is 15.2. The normalized spacial score (nSPS) is 12.8. The third kappa shape index (κ3) is 2.78. The number of hydrogen-bond donors (Lipinski definition) is 0. The van der Waals surface area contributed by atoms with Gasteiger partial charge in [0, 0.05) is 6.04 Å². The summed E-state index contributed by atoms with van der Waals surface area (Å²) in [6.45, 7) is 7.07. The molecule has 20 heavy (non-hydrogen) atoms. The summed E-state index contributed by atoms with van der Waals surface area (Å²) in [5.74, 6) is 2.22. The van der Waals surface area contributed by atoms with Gasteiger partial charge in [-0.25, -0.2) is 4.98 Å². The zero-order chi connectivity index (χ0) is 14.5. The van der Waals surface area contributed by atoms with E-state index in [0.717, 1.165) is 41.9 Å². The molecule has 2 aromatic rings. The van der Waals surface area contributed by atoms with Crippen LogP contribution >= 0.6 is 11.6 Å². The lowest BCUT2D eigenvalue weighted by Gasteiger charge is -2.19. The van der Waals surface area contributed by atoms with Gasteiger partial charge in [-0.2, -0.15) is 0 Å². The molecule has 0 spiro atoms. The van der Waals surface area contributed by atoms with Gasteiger partial charge in [-0.3, -0.25) is 0 Å². The highest BCUT2D eigenvalue weighted by atomic mass is 35.5. The van der Waals surface area contributed by atoms with Gasteiger partial charge >= 0.3 is 0 Å². The standard InChI is InChI=1S/C16H23ClN2O/c1-4-8-12(5-2)19-13-9-7-10-14(20-6-3)16(13)18-15(19)11-17/h7,9-10,12H,4-6,8,11H2,1-3H3. The number of fused-ring (bicyclic) bond motifs is 1. The molecule has 0 fully saturated rings. The molecular weight excluding hydrogens is 272 g/mol. The second-order valence-corrected chi connectivity index (χ2v) is 5.21. The van der Waals surface area contributed by atoms with Gasteiger partial charge in [0.2, 0.25) is 0 Å². The monoisotopic (exact) mass is 294 g/mol. The number of hydrogen-bond acceptors (Lipinski definition) is 2. The van der Waals surface area contributed by atoms with Crippen LogP contribution in [0.4, 0.5) is 0 Å². The Morgan fingerprint density at radius 2 is 2.10 bits per heavy atom. The maximum atomic E-state index is 6.11. The molecule has 1 aromatic carbocycles. The Morgan fingerprint density at radius 1 is 1.30 bits per heavy atom. The topological polar surface area (TPSA) is 27.1 Å². The van der Waals surface area contributed by atoms with Gasteiger partial charge in [-0.15, -0.1) is 11.6 Å². The zero-order valence-electron chi connectivity index (χ0n) is 12.5. The maximum absolute atomic E-state index is 6.11. The summed E-state index contributed by atoms with van der Waals surface area (Å²) >= 11 is 6.11. The van der Waals surface area contributed by atoms with E-state index in [9.17, 15) is 0 Å². The molecule has 110 valence electrons. The molecular formula is C16H23ClN2O. The lowest BCUT2D eigenvalue weighted by Crippen LogP contribution is -2.10. The van der Waals surface area contributed by atoms with Crippen LogP contribution in [0.5, 0.6) is 5.75 Å². The highest BCUT2D eigenvalue weighted by molar-refractivity contribution is 6.16. The molecule has 0 N–H and O–H groups in total. The molecule has 3 nitrogen and oxygen atoms in total. The van der Waals surface area contributed by atoms with Crippen LogP contribution in [0.15, 0.2) is 18.2 Å². The van der Waals surface area contributed by atoms with E-state index in [2.05, 4.69) is 24.5 Å². The first-order valence-electron chi connectivity index (χ1n) is 7.45. The van der Waals surface area contributed by atoms with Gasteiger partial charge in [0.05, 0.1) is 18.0 Å².